The van der Waals surface area contributed by atoms with Crippen LogP contribution in [0.2, 0.25) is 0 Å². The number of carbonyl (C=O) groups excluding carboxylic acids is 1. The molecule has 0 saturated heterocycles. The van der Waals surface area contributed by atoms with Crippen LogP contribution in [0.4, 0.5) is 0 Å². The molecule has 1 aromatic carbocycles. The minimum atomic E-state index is -0.130. The molecule has 0 fully saturated rings. The van der Waals surface area contributed by atoms with E-state index in [4.69, 9.17) is 9.47 Å². The number of amides is 1. The van der Waals surface area contributed by atoms with Crippen LogP contribution in [0.15, 0.2) is 35.7 Å². The van der Waals surface area contributed by atoms with Crippen LogP contribution < -0.4 is 14.8 Å². The third kappa shape index (κ3) is 4.36. The molecule has 5 heteroatoms. The standard InChI is InChI=1S/C17H19NO3S/c1-12-6-7-22-16(12)11-18-17(19)5-4-13-8-14(20-2)10-15(9-13)21-3/h4-10H,11H2,1-3H3,(H,18,19)/b5-4+. The number of benzene rings is 1. The Morgan fingerprint density at radius 2 is 1.91 bits per heavy atom. The fourth-order valence-corrected chi connectivity index (χ4v) is 2.75. The zero-order valence-corrected chi connectivity index (χ0v) is 13.7. The lowest BCUT2D eigenvalue weighted by molar-refractivity contribution is -0.116. The minimum Gasteiger partial charge on any atom is -0.497 e. The van der Waals surface area contributed by atoms with Crippen LogP contribution in [0.25, 0.3) is 6.08 Å². The van der Waals surface area contributed by atoms with Gasteiger partial charge >= 0.3 is 0 Å². The number of hydrogen-bond acceptors (Lipinski definition) is 4. The van der Waals surface area contributed by atoms with Gasteiger partial charge in [0.05, 0.1) is 20.8 Å². The average molecular weight is 317 g/mol. The Labute approximate surface area is 134 Å². The van der Waals surface area contributed by atoms with Crippen LogP contribution in [0, 0.1) is 6.92 Å². The Morgan fingerprint density at radius 1 is 1.23 bits per heavy atom. The van der Waals surface area contributed by atoms with E-state index in [0.717, 1.165) is 5.56 Å². The summed E-state index contributed by atoms with van der Waals surface area (Å²) in [6, 6.07) is 7.52. The number of methoxy groups -OCH3 is 2. The predicted molar refractivity (Wildman–Crippen MR) is 89.5 cm³/mol. The number of aryl methyl sites for hydroxylation is 1. The molecule has 0 aliphatic heterocycles. The number of nitrogens with one attached hydrogen (secondary N) is 1. The molecule has 0 radical (unpaired) electrons. The molecule has 116 valence electrons. The van der Waals surface area contributed by atoms with Gasteiger partial charge in [0, 0.05) is 17.0 Å². The lowest BCUT2D eigenvalue weighted by Gasteiger charge is -2.06. The van der Waals surface area contributed by atoms with Crippen molar-refractivity contribution < 1.29 is 14.3 Å². The molecule has 0 bridgehead atoms. The highest BCUT2D eigenvalue weighted by Crippen LogP contribution is 2.23. The summed E-state index contributed by atoms with van der Waals surface area (Å²) >= 11 is 1.64. The summed E-state index contributed by atoms with van der Waals surface area (Å²) in [6.45, 7) is 2.59. The maximum atomic E-state index is 11.9. The van der Waals surface area contributed by atoms with E-state index in [1.54, 1.807) is 37.7 Å². The first-order chi connectivity index (χ1) is 10.6. The van der Waals surface area contributed by atoms with E-state index in [-0.39, 0.29) is 5.91 Å². The van der Waals surface area contributed by atoms with Crippen molar-refractivity contribution in [1.29, 1.82) is 0 Å². The summed E-state index contributed by atoms with van der Waals surface area (Å²) < 4.78 is 10.4. The molecule has 2 rings (SSSR count). The van der Waals surface area contributed by atoms with Gasteiger partial charge in [0.2, 0.25) is 5.91 Å². The molecule has 1 aromatic heterocycles. The van der Waals surface area contributed by atoms with Crippen molar-refractivity contribution in [3.05, 3.63) is 51.7 Å². The van der Waals surface area contributed by atoms with Gasteiger partial charge in [-0.25, -0.2) is 0 Å². The number of rotatable bonds is 6. The maximum Gasteiger partial charge on any atom is 0.244 e. The van der Waals surface area contributed by atoms with Crippen molar-refractivity contribution in [1.82, 2.24) is 5.32 Å². The number of carbonyl (C=O) groups is 1. The predicted octanol–water partition coefficient (Wildman–Crippen LogP) is 3.40. The van der Waals surface area contributed by atoms with E-state index in [0.29, 0.717) is 18.0 Å². The van der Waals surface area contributed by atoms with Crippen LogP contribution in [-0.2, 0) is 11.3 Å². The van der Waals surface area contributed by atoms with Crippen LogP contribution >= 0.6 is 11.3 Å². The summed E-state index contributed by atoms with van der Waals surface area (Å²) in [7, 11) is 3.19. The maximum absolute atomic E-state index is 11.9. The van der Waals surface area contributed by atoms with Crippen LogP contribution in [-0.4, -0.2) is 20.1 Å². The van der Waals surface area contributed by atoms with E-state index in [2.05, 4.69) is 5.32 Å². The lowest BCUT2D eigenvalue weighted by Crippen LogP contribution is -2.19. The Bertz CT molecular complexity index is 654. The molecule has 0 spiro atoms. The molecule has 1 heterocycles. The molecule has 0 unspecified atom stereocenters. The number of hydrogen-bond donors (Lipinski definition) is 1. The molecule has 0 aliphatic rings. The first-order valence-electron chi connectivity index (χ1n) is 6.84. The Morgan fingerprint density at radius 3 is 2.45 bits per heavy atom. The van der Waals surface area contributed by atoms with Gasteiger partial charge < -0.3 is 14.8 Å². The first kappa shape index (κ1) is 16.1. The second-order valence-corrected chi connectivity index (χ2v) is 5.72. The molecule has 1 N–H and O–H groups in total. The van der Waals surface area contributed by atoms with E-state index >= 15 is 0 Å². The van der Waals surface area contributed by atoms with Crippen LogP contribution in [0.5, 0.6) is 11.5 Å². The van der Waals surface area contributed by atoms with E-state index in [1.165, 1.54) is 16.5 Å². The highest BCUT2D eigenvalue weighted by molar-refractivity contribution is 7.10. The summed E-state index contributed by atoms with van der Waals surface area (Å²) in [4.78, 5) is 13.0. The van der Waals surface area contributed by atoms with Gasteiger partial charge in [-0.05, 0) is 47.7 Å². The molecule has 0 atom stereocenters. The summed E-state index contributed by atoms with van der Waals surface area (Å²) in [5.74, 6) is 1.25. The molecule has 4 nitrogen and oxygen atoms in total. The van der Waals surface area contributed by atoms with Gasteiger partial charge in [-0.2, -0.15) is 0 Å². The van der Waals surface area contributed by atoms with Gasteiger partial charge in [0.25, 0.3) is 0 Å². The normalized spacial score (nSPS) is 10.7. The quantitative estimate of drug-likeness (QED) is 0.831. The fraction of sp³-hybridized carbons (Fsp3) is 0.235. The molecule has 2 aromatic rings. The topological polar surface area (TPSA) is 47.6 Å². The van der Waals surface area contributed by atoms with Crippen molar-refractivity contribution >= 4 is 23.3 Å². The van der Waals surface area contributed by atoms with Crippen molar-refractivity contribution in [3.8, 4) is 11.5 Å². The van der Waals surface area contributed by atoms with Crippen molar-refractivity contribution in [2.24, 2.45) is 0 Å². The van der Waals surface area contributed by atoms with E-state index < -0.39 is 0 Å². The highest BCUT2D eigenvalue weighted by Gasteiger charge is 2.03. The van der Waals surface area contributed by atoms with Gasteiger partial charge in [0.1, 0.15) is 11.5 Å². The zero-order valence-electron chi connectivity index (χ0n) is 12.9. The van der Waals surface area contributed by atoms with Crippen LogP contribution in [0.3, 0.4) is 0 Å². The smallest absolute Gasteiger partial charge is 0.244 e. The summed E-state index contributed by atoms with van der Waals surface area (Å²) in [5, 5.41) is 4.90. The molecule has 1 amide bonds. The van der Waals surface area contributed by atoms with Crippen molar-refractivity contribution in [2.75, 3.05) is 14.2 Å². The number of thiophene rings is 1. The zero-order chi connectivity index (χ0) is 15.9. The third-order valence-corrected chi connectivity index (χ3v) is 4.22. The molecule has 0 aliphatic carbocycles. The molecular weight excluding hydrogens is 298 g/mol. The molecule has 22 heavy (non-hydrogen) atoms. The van der Waals surface area contributed by atoms with E-state index in [9.17, 15) is 4.79 Å². The first-order valence-corrected chi connectivity index (χ1v) is 7.72. The fourth-order valence-electron chi connectivity index (χ4n) is 1.91. The lowest BCUT2D eigenvalue weighted by atomic mass is 10.2. The van der Waals surface area contributed by atoms with Crippen molar-refractivity contribution in [2.45, 2.75) is 13.5 Å². The van der Waals surface area contributed by atoms with Gasteiger partial charge in [-0.15, -0.1) is 11.3 Å². The second-order valence-electron chi connectivity index (χ2n) is 4.72. The Hall–Kier alpha value is -2.27. The van der Waals surface area contributed by atoms with Crippen LogP contribution in [0.1, 0.15) is 16.0 Å². The summed E-state index contributed by atoms with van der Waals surface area (Å²) in [5.41, 5.74) is 2.05. The number of ether oxygens (including phenoxy) is 2. The SMILES string of the molecule is COc1cc(/C=C/C(=O)NCc2sccc2C)cc(OC)c1. The van der Waals surface area contributed by atoms with Gasteiger partial charge in [-0.3, -0.25) is 4.79 Å². The largest absolute Gasteiger partial charge is 0.497 e. The highest BCUT2D eigenvalue weighted by atomic mass is 32.1. The van der Waals surface area contributed by atoms with Gasteiger partial charge in [-0.1, -0.05) is 0 Å². The third-order valence-electron chi connectivity index (χ3n) is 3.19. The monoisotopic (exact) mass is 317 g/mol. The summed E-state index contributed by atoms with van der Waals surface area (Å²) in [6.07, 6.45) is 3.25. The minimum absolute atomic E-state index is 0.130. The Kier molecular flexibility index (Phi) is 5.61. The molecule has 0 saturated carbocycles. The second kappa shape index (κ2) is 7.66. The van der Waals surface area contributed by atoms with E-state index in [1.807, 2.05) is 30.5 Å². The van der Waals surface area contributed by atoms with Gasteiger partial charge in [0.15, 0.2) is 0 Å². The molecular formula is C17H19NO3S. The Balaban J connectivity index is 1.98. The average Bonchev–Trinajstić information content (AvgIpc) is 2.95. The van der Waals surface area contributed by atoms with Crippen molar-refractivity contribution in [3.63, 3.8) is 0 Å².